The maximum absolute atomic E-state index is 13.5. The first-order valence-corrected chi connectivity index (χ1v) is 12.9. The molecule has 2 aliphatic rings. The van der Waals surface area contributed by atoms with E-state index in [4.69, 9.17) is 8.94 Å². The van der Waals surface area contributed by atoms with E-state index in [1.165, 1.54) is 23.4 Å². The van der Waals surface area contributed by atoms with Gasteiger partial charge in [0.2, 0.25) is 15.9 Å². The zero-order valence-corrected chi connectivity index (χ0v) is 19.3. The molecule has 1 aliphatic heterocycles. The molecule has 3 heterocycles. The molecule has 1 amide bonds. The van der Waals surface area contributed by atoms with Crippen molar-refractivity contribution in [2.75, 3.05) is 13.1 Å². The summed E-state index contributed by atoms with van der Waals surface area (Å²) in [5, 5.41) is 7.06. The van der Waals surface area contributed by atoms with Gasteiger partial charge >= 0.3 is 0 Å². The van der Waals surface area contributed by atoms with Crippen LogP contribution in [0.5, 0.6) is 0 Å². The van der Waals surface area contributed by atoms with Gasteiger partial charge in [-0.2, -0.15) is 4.31 Å². The van der Waals surface area contributed by atoms with Gasteiger partial charge in [-0.3, -0.25) is 4.79 Å². The van der Waals surface area contributed by atoms with Crippen LogP contribution in [0.15, 0.2) is 32.2 Å². The molecule has 1 unspecified atom stereocenters. The number of carbonyl (C=O) groups is 1. The van der Waals surface area contributed by atoms with Gasteiger partial charge in [-0.05, 0) is 56.9 Å². The van der Waals surface area contributed by atoms with Crippen molar-refractivity contribution in [3.05, 3.63) is 35.6 Å². The minimum absolute atomic E-state index is 0.0308. The molecule has 174 valence electrons. The number of furan rings is 1. The van der Waals surface area contributed by atoms with Crippen molar-refractivity contribution in [2.24, 2.45) is 5.92 Å². The van der Waals surface area contributed by atoms with E-state index in [0.717, 1.165) is 25.7 Å². The molecule has 0 bridgehead atoms. The normalized spacial score (nSPS) is 21.6. The number of nitrogens with zero attached hydrogens (tertiary/aromatic N) is 2. The summed E-state index contributed by atoms with van der Waals surface area (Å²) in [6.45, 7) is 2.16. The van der Waals surface area contributed by atoms with Gasteiger partial charge in [0.1, 0.15) is 11.5 Å². The summed E-state index contributed by atoms with van der Waals surface area (Å²) < 4.78 is 38.9. The van der Waals surface area contributed by atoms with E-state index in [-0.39, 0.29) is 35.1 Å². The Balaban J connectivity index is 1.48. The Labute approximate surface area is 189 Å². The third kappa shape index (κ3) is 5.15. The van der Waals surface area contributed by atoms with E-state index < -0.39 is 10.0 Å². The third-order valence-corrected chi connectivity index (χ3v) is 8.35. The molecule has 2 fully saturated rings. The fourth-order valence-electron chi connectivity index (χ4n) is 4.59. The first kappa shape index (κ1) is 22.8. The van der Waals surface area contributed by atoms with Crippen LogP contribution in [0.3, 0.4) is 0 Å². The van der Waals surface area contributed by atoms with E-state index in [1.807, 2.05) is 0 Å². The Kier molecular flexibility index (Phi) is 7.15. The number of aryl methyl sites for hydroxylation is 1. The van der Waals surface area contributed by atoms with Gasteiger partial charge in [-0.15, -0.1) is 0 Å². The Morgan fingerprint density at radius 3 is 2.66 bits per heavy atom. The highest BCUT2D eigenvalue weighted by Gasteiger charge is 2.37. The molecular formula is C23H31N3O5S. The van der Waals surface area contributed by atoms with Crippen molar-refractivity contribution in [3.63, 3.8) is 0 Å². The average molecular weight is 462 g/mol. The zero-order chi connectivity index (χ0) is 22.6. The van der Waals surface area contributed by atoms with Gasteiger partial charge in [0, 0.05) is 19.1 Å². The second-order valence-corrected chi connectivity index (χ2v) is 10.6. The number of aromatic nitrogens is 1. The van der Waals surface area contributed by atoms with Crippen LogP contribution in [-0.4, -0.2) is 42.9 Å². The summed E-state index contributed by atoms with van der Waals surface area (Å²) in [5.41, 5.74) is 0.300. The number of nitrogens with one attached hydrogen (secondary N) is 1. The van der Waals surface area contributed by atoms with E-state index in [2.05, 4.69) is 10.5 Å². The molecule has 0 spiro atoms. The average Bonchev–Trinajstić information content (AvgIpc) is 3.36. The Hall–Kier alpha value is -2.39. The van der Waals surface area contributed by atoms with Crippen LogP contribution in [0, 0.1) is 12.8 Å². The minimum Gasteiger partial charge on any atom is -0.465 e. The number of sulfonamides is 1. The fourth-order valence-corrected chi connectivity index (χ4v) is 6.36. The highest BCUT2D eigenvalue weighted by Crippen LogP contribution is 2.29. The van der Waals surface area contributed by atoms with Crippen LogP contribution in [0.25, 0.3) is 12.2 Å². The molecule has 2 aromatic rings. The summed E-state index contributed by atoms with van der Waals surface area (Å²) in [5.74, 6) is 0.361. The summed E-state index contributed by atoms with van der Waals surface area (Å²) in [6.07, 6.45) is 12.8. The number of hydrogen-bond donors (Lipinski definition) is 1. The SMILES string of the molecule is Cc1noc(/C=C/c2ccco2)c1S(=O)(=O)N1CCCC(C(=O)NC2CCCCCC2)C1. The summed E-state index contributed by atoms with van der Waals surface area (Å²) in [4.78, 5) is 13.0. The van der Waals surface area contributed by atoms with Crippen molar-refractivity contribution < 1.29 is 22.2 Å². The Bertz CT molecular complexity index is 1030. The number of rotatable bonds is 6. The largest absolute Gasteiger partial charge is 0.465 e. The summed E-state index contributed by atoms with van der Waals surface area (Å²) in [7, 11) is -3.86. The van der Waals surface area contributed by atoms with Gasteiger partial charge in [-0.1, -0.05) is 30.8 Å². The lowest BCUT2D eigenvalue weighted by Gasteiger charge is -2.32. The molecule has 2 aromatic heterocycles. The van der Waals surface area contributed by atoms with Crippen LogP contribution < -0.4 is 5.32 Å². The van der Waals surface area contributed by atoms with Gasteiger partial charge in [0.05, 0.1) is 12.2 Å². The van der Waals surface area contributed by atoms with Crippen LogP contribution in [0.4, 0.5) is 0 Å². The van der Waals surface area contributed by atoms with Crippen molar-refractivity contribution >= 4 is 28.1 Å². The molecule has 0 radical (unpaired) electrons. The molecule has 9 heteroatoms. The van der Waals surface area contributed by atoms with E-state index in [0.29, 0.717) is 30.8 Å². The van der Waals surface area contributed by atoms with E-state index in [9.17, 15) is 13.2 Å². The number of piperidine rings is 1. The maximum Gasteiger partial charge on any atom is 0.248 e. The van der Waals surface area contributed by atoms with Crippen LogP contribution >= 0.6 is 0 Å². The van der Waals surface area contributed by atoms with E-state index >= 15 is 0 Å². The second-order valence-electron chi connectivity index (χ2n) is 8.71. The number of hydrogen-bond acceptors (Lipinski definition) is 6. The maximum atomic E-state index is 13.5. The molecular weight excluding hydrogens is 430 g/mol. The first-order chi connectivity index (χ1) is 15.4. The molecule has 1 atom stereocenters. The predicted octanol–water partition coefficient (Wildman–Crippen LogP) is 3.99. The molecule has 8 nitrogen and oxygen atoms in total. The molecule has 1 saturated carbocycles. The Morgan fingerprint density at radius 2 is 1.94 bits per heavy atom. The van der Waals surface area contributed by atoms with Gasteiger partial charge < -0.3 is 14.3 Å². The van der Waals surface area contributed by atoms with Crippen molar-refractivity contribution in [2.45, 2.75) is 69.2 Å². The van der Waals surface area contributed by atoms with Crippen molar-refractivity contribution in [1.29, 1.82) is 0 Å². The monoisotopic (exact) mass is 461 g/mol. The Morgan fingerprint density at radius 1 is 1.16 bits per heavy atom. The standard InChI is InChI=1S/C23H31N3O5S/c1-17-22(21(31-25-17)13-12-20-11-7-15-30-20)32(28,29)26-14-6-8-18(16-26)23(27)24-19-9-4-2-3-5-10-19/h7,11-13,15,18-19H,2-6,8-10,14,16H2,1H3,(H,24,27)/b13-12+. The lowest BCUT2D eigenvalue weighted by atomic mass is 9.97. The summed E-state index contributed by atoms with van der Waals surface area (Å²) in [6, 6.07) is 3.71. The summed E-state index contributed by atoms with van der Waals surface area (Å²) >= 11 is 0. The van der Waals surface area contributed by atoms with Gasteiger partial charge in [0.25, 0.3) is 0 Å². The number of amides is 1. The number of carbonyl (C=O) groups excluding carboxylic acids is 1. The van der Waals surface area contributed by atoms with Crippen LogP contribution in [0.2, 0.25) is 0 Å². The molecule has 1 saturated heterocycles. The van der Waals surface area contributed by atoms with Crippen molar-refractivity contribution in [1.82, 2.24) is 14.8 Å². The van der Waals surface area contributed by atoms with E-state index in [1.54, 1.807) is 31.2 Å². The molecule has 0 aromatic carbocycles. The lowest BCUT2D eigenvalue weighted by Crippen LogP contribution is -2.47. The van der Waals surface area contributed by atoms with Gasteiger partial charge in [-0.25, -0.2) is 8.42 Å². The quantitative estimate of drug-likeness (QED) is 0.652. The molecule has 4 rings (SSSR count). The molecule has 1 N–H and O–H groups in total. The predicted molar refractivity (Wildman–Crippen MR) is 120 cm³/mol. The molecule has 1 aliphatic carbocycles. The van der Waals surface area contributed by atoms with Crippen molar-refractivity contribution in [3.8, 4) is 0 Å². The third-order valence-electron chi connectivity index (χ3n) is 6.33. The topological polar surface area (TPSA) is 106 Å². The van der Waals surface area contributed by atoms with Crippen LogP contribution in [0.1, 0.15) is 68.6 Å². The zero-order valence-electron chi connectivity index (χ0n) is 18.5. The highest BCUT2D eigenvalue weighted by atomic mass is 32.2. The highest BCUT2D eigenvalue weighted by molar-refractivity contribution is 7.89. The first-order valence-electron chi connectivity index (χ1n) is 11.4. The molecule has 32 heavy (non-hydrogen) atoms. The fraction of sp³-hybridized carbons (Fsp3) is 0.565. The minimum atomic E-state index is -3.86. The second kappa shape index (κ2) is 10.0. The lowest BCUT2D eigenvalue weighted by molar-refractivity contribution is -0.126. The van der Waals surface area contributed by atoms with Gasteiger partial charge in [0.15, 0.2) is 10.7 Å². The van der Waals surface area contributed by atoms with Crippen LogP contribution in [-0.2, 0) is 14.8 Å². The smallest absolute Gasteiger partial charge is 0.248 e.